The van der Waals surface area contributed by atoms with Crippen LogP contribution in [0.5, 0.6) is 0 Å². The highest BCUT2D eigenvalue weighted by atomic mass is 127. The van der Waals surface area contributed by atoms with Crippen molar-refractivity contribution in [3.8, 4) is 11.8 Å². The maximum absolute atomic E-state index is 2.94. The average Bonchev–Trinajstić information content (AvgIpc) is 1.35. The molecule has 0 aromatic heterocycles. The van der Waals surface area contributed by atoms with Crippen LogP contribution < -0.4 is 0 Å². The van der Waals surface area contributed by atoms with Gasteiger partial charge in [0.15, 0.2) is 0 Å². The highest BCUT2D eigenvalue weighted by Gasteiger charge is 1.78. The molecule has 34 valence electrons. The first-order valence-electron chi connectivity index (χ1n) is 1.83. The first-order valence-corrected chi connectivity index (χ1v) is 3.08. The summed E-state index contributed by atoms with van der Waals surface area (Å²) in [4.78, 5) is 0. The summed E-state index contributed by atoms with van der Waals surface area (Å²) in [5.41, 5.74) is 0. The fourth-order valence-electron chi connectivity index (χ4n) is 0.199. The molecule has 0 fully saturated rings. The molecule has 0 radical (unpaired) electrons. The number of alkyl halides is 1. The van der Waals surface area contributed by atoms with Gasteiger partial charge in [0.25, 0.3) is 0 Å². The second kappa shape index (κ2) is 3.48. The minimum absolute atomic E-state index is 0.507. The molecule has 0 amide bonds. The Morgan fingerprint density at radius 1 is 1.67 bits per heavy atom. The Morgan fingerprint density at radius 3 is 2.17 bits per heavy atom. The molecule has 0 aliphatic rings. The van der Waals surface area contributed by atoms with Crippen molar-refractivity contribution in [2.45, 2.75) is 17.8 Å². The molecule has 1 unspecified atom stereocenters. The van der Waals surface area contributed by atoms with Crippen LogP contribution in [0.2, 0.25) is 0 Å². The van der Waals surface area contributed by atoms with E-state index in [-0.39, 0.29) is 0 Å². The predicted molar refractivity (Wildman–Crippen MR) is 36.9 cm³/mol. The molecular formula is C5H7I. The Kier molecular flexibility index (Phi) is 3.65. The quantitative estimate of drug-likeness (QED) is 0.313. The molecule has 0 N–H and O–H groups in total. The minimum atomic E-state index is 0.507. The summed E-state index contributed by atoms with van der Waals surface area (Å²) < 4.78 is 0.507. The van der Waals surface area contributed by atoms with Crippen LogP contribution in [-0.2, 0) is 0 Å². The Labute approximate surface area is 52.5 Å². The van der Waals surface area contributed by atoms with E-state index in [1.807, 2.05) is 6.92 Å². The van der Waals surface area contributed by atoms with Crippen molar-refractivity contribution in [1.82, 2.24) is 0 Å². The topological polar surface area (TPSA) is 0 Å². The lowest BCUT2D eigenvalue weighted by Gasteiger charge is -1.79. The van der Waals surface area contributed by atoms with Crippen molar-refractivity contribution in [2.75, 3.05) is 0 Å². The Morgan fingerprint density at radius 2 is 2.17 bits per heavy atom. The van der Waals surface area contributed by atoms with E-state index in [1.165, 1.54) is 0 Å². The Bertz CT molecular complexity index is 73.7. The van der Waals surface area contributed by atoms with Gasteiger partial charge in [-0.05, 0) is 13.8 Å². The lowest BCUT2D eigenvalue weighted by Crippen LogP contribution is -1.77. The lowest BCUT2D eigenvalue weighted by atomic mass is 10.5. The second-order valence-electron chi connectivity index (χ2n) is 1.01. The van der Waals surface area contributed by atoms with Gasteiger partial charge in [0.1, 0.15) is 0 Å². The smallest absolute Gasteiger partial charge is 0.0690 e. The molecule has 1 heteroatoms. The molecular weight excluding hydrogens is 187 g/mol. The molecule has 0 saturated carbocycles. The maximum atomic E-state index is 2.94. The van der Waals surface area contributed by atoms with Gasteiger partial charge in [-0.2, -0.15) is 0 Å². The van der Waals surface area contributed by atoms with Gasteiger partial charge in [-0.3, -0.25) is 0 Å². The summed E-state index contributed by atoms with van der Waals surface area (Å²) in [6.45, 7) is 3.92. The first-order chi connectivity index (χ1) is 2.77. The summed E-state index contributed by atoms with van der Waals surface area (Å²) >= 11 is 2.27. The summed E-state index contributed by atoms with van der Waals surface area (Å²) in [5, 5.41) is 0. The van der Waals surface area contributed by atoms with E-state index in [0.717, 1.165) is 0 Å². The van der Waals surface area contributed by atoms with E-state index in [0.29, 0.717) is 3.92 Å². The van der Waals surface area contributed by atoms with E-state index in [1.54, 1.807) is 0 Å². The van der Waals surface area contributed by atoms with Gasteiger partial charge in [0, 0.05) is 0 Å². The zero-order chi connectivity index (χ0) is 4.99. The third-order valence-corrected chi connectivity index (χ3v) is 0.655. The zero-order valence-electron chi connectivity index (χ0n) is 3.96. The average molecular weight is 194 g/mol. The zero-order valence-corrected chi connectivity index (χ0v) is 6.11. The molecule has 0 aliphatic heterocycles. The van der Waals surface area contributed by atoms with E-state index < -0.39 is 0 Å². The van der Waals surface area contributed by atoms with Gasteiger partial charge in [-0.15, -0.1) is 5.92 Å². The number of hydrogen-bond donors (Lipinski definition) is 0. The number of rotatable bonds is 0. The van der Waals surface area contributed by atoms with Gasteiger partial charge in [0.05, 0.1) is 3.92 Å². The molecule has 6 heavy (non-hydrogen) atoms. The van der Waals surface area contributed by atoms with Crippen molar-refractivity contribution in [1.29, 1.82) is 0 Å². The molecule has 0 aromatic rings. The number of halogens is 1. The lowest BCUT2D eigenvalue weighted by molar-refractivity contribution is 1.35. The van der Waals surface area contributed by atoms with Crippen LogP contribution in [-0.4, -0.2) is 3.92 Å². The Hall–Kier alpha value is 0.290. The van der Waals surface area contributed by atoms with Crippen molar-refractivity contribution in [3.05, 3.63) is 0 Å². The van der Waals surface area contributed by atoms with Gasteiger partial charge in [0.2, 0.25) is 0 Å². The molecule has 0 spiro atoms. The normalized spacial score (nSPS) is 11.8. The molecule has 0 bridgehead atoms. The highest BCUT2D eigenvalue weighted by Crippen LogP contribution is 1.92. The van der Waals surface area contributed by atoms with E-state index in [2.05, 4.69) is 41.4 Å². The van der Waals surface area contributed by atoms with Gasteiger partial charge in [-0.25, -0.2) is 0 Å². The van der Waals surface area contributed by atoms with Crippen LogP contribution >= 0.6 is 22.6 Å². The van der Waals surface area contributed by atoms with Crippen LogP contribution in [0.1, 0.15) is 13.8 Å². The summed E-state index contributed by atoms with van der Waals surface area (Å²) in [7, 11) is 0. The summed E-state index contributed by atoms with van der Waals surface area (Å²) in [5.74, 6) is 5.75. The van der Waals surface area contributed by atoms with Crippen molar-refractivity contribution >= 4 is 22.6 Å². The van der Waals surface area contributed by atoms with Crippen molar-refractivity contribution < 1.29 is 0 Å². The molecule has 0 rings (SSSR count). The highest BCUT2D eigenvalue weighted by molar-refractivity contribution is 14.1. The second-order valence-corrected chi connectivity index (χ2v) is 2.88. The molecule has 0 heterocycles. The Balaban J connectivity index is 3.20. The van der Waals surface area contributed by atoms with Crippen LogP contribution in [0.15, 0.2) is 0 Å². The molecule has 0 nitrogen and oxygen atoms in total. The largest absolute Gasteiger partial charge is 0.106 e. The number of hydrogen-bond acceptors (Lipinski definition) is 0. The molecule has 0 saturated heterocycles. The SMILES string of the molecule is CC#CC(C)I. The van der Waals surface area contributed by atoms with E-state index >= 15 is 0 Å². The maximum Gasteiger partial charge on any atom is 0.0690 e. The van der Waals surface area contributed by atoms with Crippen LogP contribution in [0.25, 0.3) is 0 Å². The van der Waals surface area contributed by atoms with Gasteiger partial charge >= 0.3 is 0 Å². The van der Waals surface area contributed by atoms with E-state index in [4.69, 9.17) is 0 Å². The molecule has 0 aliphatic carbocycles. The fourth-order valence-corrected chi connectivity index (χ4v) is 0.510. The predicted octanol–water partition coefficient (Wildman–Crippen LogP) is 1.83. The summed E-state index contributed by atoms with van der Waals surface area (Å²) in [6, 6.07) is 0. The minimum Gasteiger partial charge on any atom is -0.106 e. The fraction of sp³-hybridized carbons (Fsp3) is 0.600. The van der Waals surface area contributed by atoms with Crippen molar-refractivity contribution in [3.63, 3.8) is 0 Å². The summed E-state index contributed by atoms with van der Waals surface area (Å²) in [6.07, 6.45) is 0. The van der Waals surface area contributed by atoms with E-state index in [9.17, 15) is 0 Å². The third-order valence-electron chi connectivity index (χ3n) is 0.343. The molecule has 1 atom stereocenters. The van der Waals surface area contributed by atoms with Gasteiger partial charge < -0.3 is 0 Å². The van der Waals surface area contributed by atoms with Crippen LogP contribution in [0.4, 0.5) is 0 Å². The first kappa shape index (κ1) is 6.29. The van der Waals surface area contributed by atoms with Crippen molar-refractivity contribution in [2.24, 2.45) is 0 Å². The molecule has 0 aromatic carbocycles. The third kappa shape index (κ3) is 4.29. The monoisotopic (exact) mass is 194 g/mol. The van der Waals surface area contributed by atoms with Crippen LogP contribution in [0, 0.1) is 11.8 Å². The van der Waals surface area contributed by atoms with Gasteiger partial charge in [-0.1, -0.05) is 28.5 Å². The van der Waals surface area contributed by atoms with Crippen LogP contribution in [0.3, 0.4) is 0 Å². The standard InChI is InChI=1S/C5H7I/c1-3-4-5(2)6/h5H,1-2H3.